The number of ether oxygens (including phenoxy) is 1. The van der Waals surface area contributed by atoms with Crippen molar-refractivity contribution in [3.05, 3.63) is 36.0 Å². The van der Waals surface area contributed by atoms with Crippen molar-refractivity contribution in [3.63, 3.8) is 0 Å². The van der Waals surface area contributed by atoms with E-state index in [1.54, 1.807) is 0 Å². The highest BCUT2D eigenvalue weighted by Crippen LogP contribution is 2.67. The zero-order chi connectivity index (χ0) is 16.4. The number of hydrogen-bond donors (Lipinski definition) is 0. The lowest BCUT2D eigenvalue weighted by atomic mass is 9.51. The van der Waals surface area contributed by atoms with Gasteiger partial charge in [0.15, 0.2) is 5.78 Å². The van der Waals surface area contributed by atoms with Crippen molar-refractivity contribution in [2.75, 3.05) is 6.61 Å². The van der Waals surface area contributed by atoms with Crippen LogP contribution in [0, 0.1) is 29.1 Å². The number of rotatable bonds is 1. The number of hydrogen-bond acceptors (Lipinski definition) is 2. The number of ketones is 1. The van der Waals surface area contributed by atoms with Crippen molar-refractivity contribution >= 4 is 5.78 Å². The van der Waals surface area contributed by atoms with E-state index in [4.69, 9.17) is 4.74 Å². The van der Waals surface area contributed by atoms with Crippen molar-refractivity contribution in [2.24, 2.45) is 29.1 Å². The van der Waals surface area contributed by atoms with E-state index in [2.05, 4.69) is 31.2 Å². The smallest absolute Gasteiger partial charge is 0.155 e. The van der Waals surface area contributed by atoms with Gasteiger partial charge in [-0.3, -0.25) is 4.79 Å². The standard InChI is InChI=1S/C22H28O2/c1-2-21-11-8-18-17-7-5-16(23)14-15(17)4-6-19(18)20(21)9-12-22(21)10-3-13-24-22/h3-4,6,10,14,17-20H,2,5,7-9,11-13H2,1H3/t17?,18?,19?,20?,21?,22-/m0/s1. The van der Waals surface area contributed by atoms with E-state index in [9.17, 15) is 4.79 Å². The summed E-state index contributed by atoms with van der Waals surface area (Å²) in [4.78, 5) is 11.8. The van der Waals surface area contributed by atoms with Crippen LogP contribution in [0.1, 0.15) is 51.9 Å². The van der Waals surface area contributed by atoms with Gasteiger partial charge in [-0.2, -0.15) is 0 Å². The molecule has 2 saturated carbocycles. The molecule has 2 nitrogen and oxygen atoms in total. The molecule has 1 heterocycles. The van der Waals surface area contributed by atoms with E-state index in [1.165, 1.54) is 37.7 Å². The van der Waals surface area contributed by atoms with Gasteiger partial charge in [0.05, 0.1) is 12.2 Å². The first-order valence-electron chi connectivity index (χ1n) is 9.93. The van der Waals surface area contributed by atoms with Crippen LogP contribution < -0.4 is 0 Å². The van der Waals surface area contributed by atoms with Crippen molar-refractivity contribution < 1.29 is 9.53 Å². The molecule has 6 atom stereocenters. The molecule has 0 aromatic rings. The van der Waals surface area contributed by atoms with Crippen LogP contribution in [0.3, 0.4) is 0 Å². The molecule has 5 unspecified atom stereocenters. The summed E-state index contributed by atoms with van der Waals surface area (Å²) < 4.78 is 6.37. The summed E-state index contributed by atoms with van der Waals surface area (Å²) in [6.07, 6.45) is 19.5. The van der Waals surface area contributed by atoms with Gasteiger partial charge < -0.3 is 4.74 Å². The van der Waals surface area contributed by atoms with E-state index < -0.39 is 0 Å². The summed E-state index contributed by atoms with van der Waals surface area (Å²) >= 11 is 0. The molecule has 2 fully saturated rings. The Balaban J connectivity index is 1.54. The van der Waals surface area contributed by atoms with E-state index >= 15 is 0 Å². The van der Waals surface area contributed by atoms with Gasteiger partial charge in [-0.25, -0.2) is 0 Å². The van der Waals surface area contributed by atoms with Crippen LogP contribution in [0.15, 0.2) is 36.0 Å². The molecule has 0 aromatic heterocycles. The SMILES string of the molecule is CCC12CCC3C4CCC(=O)C=C4C=CC3C1CC[C@@]21C=CCO1. The zero-order valence-electron chi connectivity index (χ0n) is 14.7. The van der Waals surface area contributed by atoms with Gasteiger partial charge >= 0.3 is 0 Å². The molecule has 0 amide bonds. The van der Waals surface area contributed by atoms with Gasteiger partial charge in [0, 0.05) is 11.8 Å². The predicted molar refractivity (Wildman–Crippen MR) is 94.4 cm³/mol. The molecule has 5 rings (SSSR count). The van der Waals surface area contributed by atoms with E-state index in [-0.39, 0.29) is 5.60 Å². The average molecular weight is 324 g/mol. The van der Waals surface area contributed by atoms with Crippen molar-refractivity contribution in [1.29, 1.82) is 0 Å². The Morgan fingerprint density at radius 2 is 2.17 bits per heavy atom. The minimum Gasteiger partial charge on any atom is -0.366 e. The van der Waals surface area contributed by atoms with E-state index in [1.807, 2.05) is 6.08 Å². The quantitative estimate of drug-likeness (QED) is 0.658. The Morgan fingerprint density at radius 3 is 2.96 bits per heavy atom. The summed E-state index contributed by atoms with van der Waals surface area (Å²) in [7, 11) is 0. The molecule has 5 aliphatic rings. The minimum absolute atomic E-state index is 0.0177. The maximum atomic E-state index is 11.8. The summed E-state index contributed by atoms with van der Waals surface area (Å²) in [5.74, 6) is 3.14. The fourth-order valence-corrected chi connectivity index (χ4v) is 7.20. The Kier molecular flexibility index (Phi) is 3.26. The fraction of sp³-hybridized carbons (Fsp3) is 0.682. The summed E-state index contributed by atoms with van der Waals surface area (Å²) in [5.41, 5.74) is 1.67. The summed E-state index contributed by atoms with van der Waals surface area (Å²) in [6.45, 7) is 3.18. The second kappa shape index (κ2) is 5.17. The predicted octanol–water partition coefficient (Wildman–Crippen LogP) is 4.62. The first-order valence-corrected chi connectivity index (χ1v) is 9.93. The minimum atomic E-state index is 0.0177. The molecule has 24 heavy (non-hydrogen) atoms. The third-order valence-corrected chi connectivity index (χ3v) is 8.20. The second-order valence-electron chi connectivity index (χ2n) is 8.65. The summed E-state index contributed by atoms with van der Waals surface area (Å²) in [5, 5.41) is 0. The van der Waals surface area contributed by atoms with Crippen LogP contribution in [-0.2, 0) is 9.53 Å². The second-order valence-corrected chi connectivity index (χ2v) is 8.65. The van der Waals surface area contributed by atoms with Crippen LogP contribution in [0.5, 0.6) is 0 Å². The Labute approximate surface area is 145 Å². The molecule has 128 valence electrons. The lowest BCUT2D eigenvalue weighted by Crippen LogP contribution is -2.52. The maximum absolute atomic E-state index is 11.8. The largest absolute Gasteiger partial charge is 0.366 e. The van der Waals surface area contributed by atoms with Crippen molar-refractivity contribution in [2.45, 2.75) is 57.5 Å². The highest BCUT2D eigenvalue weighted by Gasteiger charge is 2.64. The van der Waals surface area contributed by atoms with Crippen LogP contribution in [0.4, 0.5) is 0 Å². The highest BCUT2D eigenvalue weighted by atomic mass is 16.5. The number of carbonyl (C=O) groups excluding carboxylic acids is 1. The molecule has 1 spiro atoms. The molecule has 0 N–H and O–H groups in total. The number of fused-ring (bicyclic) bond motifs is 6. The van der Waals surface area contributed by atoms with E-state index in [0.717, 1.165) is 31.3 Å². The van der Waals surface area contributed by atoms with E-state index in [0.29, 0.717) is 23.0 Å². The fourth-order valence-electron chi connectivity index (χ4n) is 7.20. The Hall–Kier alpha value is -1.15. The summed E-state index contributed by atoms with van der Waals surface area (Å²) in [6, 6.07) is 0. The molecule has 0 aromatic carbocycles. The number of allylic oxidation sites excluding steroid dienone is 4. The third-order valence-electron chi connectivity index (χ3n) is 8.20. The van der Waals surface area contributed by atoms with Gasteiger partial charge in [0.1, 0.15) is 0 Å². The topological polar surface area (TPSA) is 26.3 Å². The molecule has 4 aliphatic carbocycles. The average Bonchev–Trinajstić information content (AvgIpc) is 3.21. The Bertz CT molecular complexity index is 657. The molecule has 2 heteroatoms. The maximum Gasteiger partial charge on any atom is 0.155 e. The van der Waals surface area contributed by atoms with Crippen LogP contribution in [0.2, 0.25) is 0 Å². The van der Waals surface area contributed by atoms with Gasteiger partial charge in [-0.1, -0.05) is 31.2 Å². The van der Waals surface area contributed by atoms with Crippen molar-refractivity contribution in [3.8, 4) is 0 Å². The first-order chi connectivity index (χ1) is 11.7. The third kappa shape index (κ3) is 1.78. The monoisotopic (exact) mass is 324 g/mol. The van der Waals surface area contributed by atoms with Gasteiger partial charge in [-0.15, -0.1) is 0 Å². The van der Waals surface area contributed by atoms with Crippen LogP contribution in [0.25, 0.3) is 0 Å². The zero-order valence-corrected chi connectivity index (χ0v) is 14.7. The molecule has 0 radical (unpaired) electrons. The van der Waals surface area contributed by atoms with Gasteiger partial charge in [-0.05, 0) is 73.8 Å². The van der Waals surface area contributed by atoms with Crippen LogP contribution >= 0.6 is 0 Å². The van der Waals surface area contributed by atoms with Gasteiger partial charge in [0.25, 0.3) is 0 Å². The lowest BCUT2D eigenvalue weighted by Gasteiger charge is -2.55. The lowest BCUT2D eigenvalue weighted by molar-refractivity contribution is -0.117. The molecular formula is C22H28O2. The molecular weight excluding hydrogens is 296 g/mol. The van der Waals surface area contributed by atoms with Crippen molar-refractivity contribution in [1.82, 2.24) is 0 Å². The molecule has 0 bridgehead atoms. The normalized spacial score (nSPS) is 49.0. The van der Waals surface area contributed by atoms with Gasteiger partial charge in [0.2, 0.25) is 0 Å². The number of carbonyl (C=O) groups is 1. The van der Waals surface area contributed by atoms with Crippen LogP contribution in [-0.4, -0.2) is 18.0 Å². The molecule has 1 aliphatic heterocycles. The first kappa shape index (κ1) is 15.1. The highest BCUT2D eigenvalue weighted by molar-refractivity contribution is 5.91. The molecule has 0 saturated heterocycles. The Morgan fingerprint density at radius 1 is 1.25 bits per heavy atom.